The molecule has 0 saturated heterocycles. The van der Waals surface area contributed by atoms with Crippen LogP contribution in [0.5, 0.6) is 0 Å². The lowest BCUT2D eigenvalue weighted by atomic mass is 9.61. The van der Waals surface area contributed by atoms with Crippen molar-refractivity contribution in [1.29, 1.82) is 0 Å². The highest BCUT2D eigenvalue weighted by molar-refractivity contribution is 5.95. The number of ketones is 1. The highest BCUT2D eigenvalue weighted by Gasteiger charge is 2.39. The summed E-state index contributed by atoms with van der Waals surface area (Å²) in [6.07, 6.45) is 12.0. The predicted octanol–water partition coefficient (Wildman–Crippen LogP) is 8.09. The van der Waals surface area contributed by atoms with Crippen molar-refractivity contribution in [2.45, 2.75) is 106 Å². The number of carbonyl (C=O) groups excluding carboxylic acids is 3. The number of Topliss-reactive ketones (excluding diaryl/α,β-unsaturated/α-hetero) is 1. The van der Waals surface area contributed by atoms with Crippen LogP contribution in [0, 0.1) is 23.2 Å². The number of ether oxygens (including phenoxy) is 1. The zero-order chi connectivity index (χ0) is 29.4. The molecule has 2 rings (SSSR count). The van der Waals surface area contributed by atoms with E-state index in [0.717, 1.165) is 31.4 Å². The summed E-state index contributed by atoms with van der Waals surface area (Å²) in [4.78, 5) is 30.7. The minimum absolute atomic E-state index is 0.234. The molecule has 1 N–H and O–H groups in total. The van der Waals surface area contributed by atoms with E-state index in [9.17, 15) is 9.59 Å². The third-order valence-corrected chi connectivity index (χ3v) is 6.94. The molecule has 6 nitrogen and oxygen atoms in total. The summed E-state index contributed by atoms with van der Waals surface area (Å²) in [7, 11) is 2.31. The maximum absolute atomic E-state index is 12.1. The third kappa shape index (κ3) is 15.0. The summed E-state index contributed by atoms with van der Waals surface area (Å²) < 4.78 is 9.07. The molecule has 216 valence electrons. The van der Waals surface area contributed by atoms with Crippen molar-refractivity contribution in [1.82, 2.24) is 0 Å². The predicted molar refractivity (Wildman–Crippen MR) is 154 cm³/mol. The molecule has 1 heterocycles. The van der Waals surface area contributed by atoms with Gasteiger partial charge in [0.2, 0.25) is 5.76 Å². The molecule has 1 aliphatic rings. The number of esters is 1. The van der Waals surface area contributed by atoms with Gasteiger partial charge in [-0.2, -0.15) is 0 Å². The molecule has 0 amide bonds. The van der Waals surface area contributed by atoms with Gasteiger partial charge in [0.15, 0.2) is 5.78 Å². The Morgan fingerprint density at radius 2 is 1.78 bits per heavy atom. The van der Waals surface area contributed by atoms with Crippen molar-refractivity contribution in [3.05, 3.63) is 36.3 Å². The molecule has 0 bridgehead atoms. The lowest BCUT2D eigenvalue weighted by Crippen LogP contribution is -2.36. The Labute approximate surface area is 227 Å². The fraction of sp³-hybridized carbons (Fsp3) is 0.710. The number of allylic oxidation sites excluding steroid dienone is 1. The molecule has 0 radical (unpaired) electrons. The van der Waals surface area contributed by atoms with Crippen molar-refractivity contribution < 1.29 is 28.6 Å². The monoisotopic (exact) mass is 524 g/mol. The van der Waals surface area contributed by atoms with Crippen LogP contribution >= 0.6 is 0 Å². The van der Waals surface area contributed by atoms with Crippen LogP contribution in [0.25, 0.3) is 0 Å². The molecule has 1 aromatic heterocycles. The Morgan fingerprint density at radius 3 is 2.19 bits per heavy atom. The fourth-order valence-electron chi connectivity index (χ4n) is 5.10. The summed E-state index contributed by atoms with van der Waals surface area (Å²) >= 11 is 0. The van der Waals surface area contributed by atoms with Crippen LogP contribution in [0.1, 0.15) is 117 Å². The summed E-state index contributed by atoms with van der Waals surface area (Å²) in [5.41, 5.74) is 1.26. The highest BCUT2D eigenvalue weighted by atomic mass is 16.5. The van der Waals surface area contributed by atoms with Gasteiger partial charge in [-0.1, -0.05) is 80.7 Å². The van der Waals surface area contributed by atoms with Crippen LogP contribution in [0.2, 0.25) is 0 Å². The van der Waals surface area contributed by atoms with Crippen molar-refractivity contribution >= 4 is 18.5 Å². The van der Waals surface area contributed by atoms with Crippen LogP contribution in [-0.4, -0.2) is 37.9 Å². The number of furan rings is 1. The molecule has 1 aliphatic carbocycles. The molecule has 3 unspecified atom stereocenters. The van der Waals surface area contributed by atoms with Crippen LogP contribution < -0.4 is 0 Å². The van der Waals surface area contributed by atoms with Gasteiger partial charge in [0.05, 0.1) is 13.4 Å². The van der Waals surface area contributed by atoms with Crippen molar-refractivity contribution in [3.8, 4) is 0 Å². The minimum Gasteiger partial charge on any atom is -0.463 e. The van der Waals surface area contributed by atoms with Gasteiger partial charge in [-0.15, -0.1) is 0 Å². The second kappa shape index (κ2) is 24.1. The molecular formula is C31H56O6. The molecule has 0 aliphatic heterocycles. The molecule has 0 spiro atoms. The topological polar surface area (TPSA) is 93.8 Å². The highest BCUT2D eigenvalue weighted by Crippen LogP contribution is 2.47. The Kier molecular flexibility index (Phi) is 25.6. The fourth-order valence-corrected chi connectivity index (χ4v) is 5.10. The number of methoxy groups -OCH3 is 1. The first kappa shape index (κ1) is 39.3. The van der Waals surface area contributed by atoms with Gasteiger partial charge in [-0.3, -0.25) is 4.79 Å². The van der Waals surface area contributed by atoms with Gasteiger partial charge in [0, 0.05) is 13.5 Å². The van der Waals surface area contributed by atoms with Gasteiger partial charge in [-0.25, -0.2) is 4.79 Å². The zero-order valence-corrected chi connectivity index (χ0v) is 25.2. The van der Waals surface area contributed by atoms with E-state index in [2.05, 4.69) is 45.9 Å². The molecule has 37 heavy (non-hydrogen) atoms. The summed E-state index contributed by atoms with van der Waals surface area (Å²) in [6.45, 7) is 21.8. The zero-order valence-electron chi connectivity index (χ0n) is 25.2. The Morgan fingerprint density at radius 1 is 1.19 bits per heavy atom. The number of hydrogen-bond donors (Lipinski definition) is 1. The Bertz CT molecular complexity index is 693. The molecule has 3 atom stereocenters. The first-order valence-electron chi connectivity index (χ1n) is 13.8. The average molecular weight is 525 g/mol. The maximum atomic E-state index is 12.1. The van der Waals surface area contributed by atoms with Crippen LogP contribution in [0.3, 0.4) is 0 Å². The minimum atomic E-state index is -0.444. The quantitative estimate of drug-likeness (QED) is 0.245. The van der Waals surface area contributed by atoms with Crippen LogP contribution in [-0.2, 0) is 14.3 Å². The van der Waals surface area contributed by atoms with Crippen molar-refractivity contribution in [3.63, 3.8) is 0 Å². The van der Waals surface area contributed by atoms with E-state index in [1.54, 1.807) is 12.1 Å². The summed E-state index contributed by atoms with van der Waals surface area (Å²) in [6, 6.07) is 3.18. The number of unbranched alkanes of at least 4 members (excludes halogenated alkanes) is 1. The first-order valence-corrected chi connectivity index (χ1v) is 13.8. The molecular weight excluding hydrogens is 468 g/mol. The van der Waals surface area contributed by atoms with Gasteiger partial charge in [0.1, 0.15) is 6.79 Å². The second-order valence-electron chi connectivity index (χ2n) is 9.56. The number of rotatable bonds is 10. The van der Waals surface area contributed by atoms with Gasteiger partial charge < -0.3 is 19.1 Å². The SMILES string of the molecule is C=C1CCC(C(CC)C(CCC)C(C)(C)CCCC)CC1=O.C=O.CC.CO.COC(=O)c1ccco1. The molecule has 1 aromatic rings. The normalized spacial score (nSPS) is 16.1. The van der Waals surface area contributed by atoms with Gasteiger partial charge in [0.25, 0.3) is 0 Å². The van der Waals surface area contributed by atoms with Gasteiger partial charge in [-0.05, 0) is 66.6 Å². The van der Waals surface area contributed by atoms with E-state index in [1.165, 1.54) is 58.3 Å². The van der Waals surface area contributed by atoms with Crippen molar-refractivity contribution in [2.24, 2.45) is 23.2 Å². The van der Waals surface area contributed by atoms with Crippen LogP contribution in [0.15, 0.2) is 35.0 Å². The smallest absolute Gasteiger partial charge is 0.373 e. The lowest BCUT2D eigenvalue weighted by Gasteiger charge is -2.44. The number of aliphatic hydroxyl groups excluding tert-OH is 1. The second-order valence-corrected chi connectivity index (χ2v) is 9.56. The van der Waals surface area contributed by atoms with Crippen LogP contribution in [0.4, 0.5) is 0 Å². The standard InChI is InChI=1S/C21H38O.C6H6O3.C2H6.CH4O.CH2O/c1-7-10-14-21(5,6)19(11-8-2)18(9-3)17-13-12-16(4)20(22)15-17;1-8-6(7)5-3-2-4-9-5;3*1-2/h17-19H,4,7-15H2,1-3,5-6H3;2-4H,1H3;1-2H3;2H,1H3;1H2. The number of aliphatic hydroxyl groups is 1. The summed E-state index contributed by atoms with van der Waals surface area (Å²) in [5.74, 6) is 2.15. The van der Waals surface area contributed by atoms with E-state index in [1.807, 2.05) is 20.6 Å². The number of carbonyl (C=O) groups is 3. The Hall–Kier alpha value is -2.21. The van der Waals surface area contributed by atoms with E-state index in [4.69, 9.17) is 14.3 Å². The molecule has 1 fully saturated rings. The summed E-state index contributed by atoms with van der Waals surface area (Å²) in [5, 5.41) is 7.00. The molecule has 1 saturated carbocycles. The van der Waals surface area contributed by atoms with Crippen molar-refractivity contribution in [2.75, 3.05) is 14.2 Å². The molecule has 6 heteroatoms. The van der Waals surface area contributed by atoms with Gasteiger partial charge >= 0.3 is 5.97 Å². The Balaban J connectivity index is -0.000000637. The maximum Gasteiger partial charge on any atom is 0.373 e. The van der Waals surface area contributed by atoms with E-state index < -0.39 is 5.97 Å². The average Bonchev–Trinajstić information content (AvgIpc) is 3.48. The largest absolute Gasteiger partial charge is 0.463 e. The van der Waals surface area contributed by atoms with E-state index >= 15 is 0 Å². The van der Waals surface area contributed by atoms with E-state index in [0.29, 0.717) is 23.0 Å². The number of hydrogen-bond acceptors (Lipinski definition) is 6. The third-order valence-electron chi connectivity index (χ3n) is 6.94. The molecule has 0 aromatic carbocycles. The first-order chi connectivity index (χ1) is 17.7. The van der Waals surface area contributed by atoms with E-state index in [-0.39, 0.29) is 5.76 Å². The lowest BCUT2D eigenvalue weighted by molar-refractivity contribution is -0.118.